The molecule has 114 valence electrons. The molecule has 0 radical (unpaired) electrons. The van der Waals surface area contributed by atoms with Gasteiger partial charge in [-0.1, -0.05) is 43.2 Å². The van der Waals surface area contributed by atoms with Crippen LogP contribution in [0.25, 0.3) is 0 Å². The standard InChI is InChI=1S/C16H23N3O2/c17-16(8-4-5-9-16)10-14(20)19-12-15(21)18-11-13-6-2-1-3-7-13/h1-3,6-7H,4-5,8-12,17H2,(H,18,21)(H,19,20). The highest BCUT2D eigenvalue weighted by molar-refractivity contribution is 5.85. The summed E-state index contributed by atoms with van der Waals surface area (Å²) in [6.07, 6.45) is 4.25. The van der Waals surface area contributed by atoms with Gasteiger partial charge in [-0.2, -0.15) is 0 Å². The van der Waals surface area contributed by atoms with E-state index in [2.05, 4.69) is 10.6 Å². The fraction of sp³-hybridized carbons (Fsp3) is 0.500. The van der Waals surface area contributed by atoms with Crippen LogP contribution in [0.3, 0.4) is 0 Å². The lowest BCUT2D eigenvalue weighted by molar-refractivity contribution is -0.126. The first-order chi connectivity index (χ1) is 10.1. The van der Waals surface area contributed by atoms with Gasteiger partial charge in [0.1, 0.15) is 0 Å². The molecular formula is C16H23N3O2. The van der Waals surface area contributed by atoms with E-state index in [-0.39, 0.29) is 23.9 Å². The number of amides is 2. The molecule has 5 heteroatoms. The van der Waals surface area contributed by atoms with Crippen molar-refractivity contribution in [2.24, 2.45) is 5.73 Å². The molecule has 0 unspecified atom stereocenters. The molecule has 1 aromatic rings. The molecule has 0 heterocycles. The predicted octanol–water partition coefficient (Wildman–Crippen LogP) is 1.08. The van der Waals surface area contributed by atoms with Gasteiger partial charge in [0.05, 0.1) is 6.54 Å². The van der Waals surface area contributed by atoms with E-state index in [9.17, 15) is 9.59 Å². The Morgan fingerprint density at radius 1 is 1.05 bits per heavy atom. The molecule has 1 saturated carbocycles. The van der Waals surface area contributed by atoms with Crippen LogP contribution in [0.15, 0.2) is 30.3 Å². The maximum absolute atomic E-state index is 11.8. The first-order valence-electron chi connectivity index (χ1n) is 7.44. The number of carbonyl (C=O) groups is 2. The van der Waals surface area contributed by atoms with Crippen LogP contribution in [-0.4, -0.2) is 23.9 Å². The van der Waals surface area contributed by atoms with Gasteiger partial charge in [-0.3, -0.25) is 9.59 Å². The maximum atomic E-state index is 11.8. The molecule has 0 saturated heterocycles. The Morgan fingerprint density at radius 2 is 1.71 bits per heavy atom. The summed E-state index contributed by atoms with van der Waals surface area (Å²) in [5, 5.41) is 5.41. The summed E-state index contributed by atoms with van der Waals surface area (Å²) >= 11 is 0. The maximum Gasteiger partial charge on any atom is 0.239 e. The minimum atomic E-state index is -0.370. The van der Waals surface area contributed by atoms with Crippen molar-refractivity contribution in [3.05, 3.63) is 35.9 Å². The van der Waals surface area contributed by atoms with E-state index in [0.29, 0.717) is 13.0 Å². The van der Waals surface area contributed by atoms with E-state index >= 15 is 0 Å². The molecule has 0 aliphatic heterocycles. The molecule has 0 bridgehead atoms. The summed E-state index contributed by atoms with van der Waals surface area (Å²) in [6, 6.07) is 9.66. The number of nitrogens with two attached hydrogens (primary N) is 1. The van der Waals surface area contributed by atoms with E-state index in [1.54, 1.807) is 0 Å². The van der Waals surface area contributed by atoms with Crippen LogP contribution in [-0.2, 0) is 16.1 Å². The van der Waals surface area contributed by atoms with Crippen LogP contribution in [0.4, 0.5) is 0 Å². The Morgan fingerprint density at radius 3 is 2.38 bits per heavy atom. The Kier molecular flexibility index (Phi) is 5.33. The van der Waals surface area contributed by atoms with Gasteiger partial charge in [-0.05, 0) is 18.4 Å². The highest BCUT2D eigenvalue weighted by Gasteiger charge is 2.31. The third kappa shape index (κ3) is 5.19. The van der Waals surface area contributed by atoms with Gasteiger partial charge in [-0.25, -0.2) is 0 Å². The molecule has 4 N–H and O–H groups in total. The zero-order valence-corrected chi connectivity index (χ0v) is 12.2. The van der Waals surface area contributed by atoms with Crippen LogP contribution in [0.1, 0.15) is 37.7 Å². The Balaban J connectivity index is 1.65. The van der Waals surface area contributed by atoms with Crippen molar-refractivity contribution in [1.82, 2.24) is 10.6 Å². The Labute approximate surface area is 125 Å². The van der Waals surface area contributed by atoms with Crippen molar-refractivity contribution in [3.8, 4) is 0 Å². The number of hydrogen-bond acceptors (Lipinski definition) is 3. The normalized spacial score (nSPS) is 16.4. The fourth-order valence-corrected chi connectivity index (χ4v) is 2.68. The van der Waals surface area contributed by atoms with Crippen molar-refractivity contribution in [2.45, 2.75) is 44.2 Å². The molecule has 5 nitrogen and oxygen atoms in total. The van der Waals surface area contributed by atoms with Crippen LogP contribution in [0.5, 0.6) is 0 Å². The fourth-order valence-electron chi connectivity index (χ4n) is 2.68. The second kappa shape index (κ2) is 7.22. The molecule has 0 spiro atoms. The summed E-state index contributed by atoms with van der Waals surface area (Å²) in [5.41, 5.74) is 6.80. The van der Waals surface area contributed by atoms with Crippen LogP contribution in [0, 0.1) is 0 Å². The molecule has 1 aliphatic carbocycles. The topological polar surface area (TPSA) is 84.2 Å². The largest absolute Gasteiger partial charge is 0.350 e. The SMILES string of the molecule is NC1(CC(=O)NCC(=O)NCc2ccccc2)CCCC1. The molecule has 0 atom stereocenters. The number of carbonyl (C=O) groups excluding carboxylic acids is 2. The average Bonchev–Trinajstić information content (AvgIpc) is 2.90. The number of nitrogens with one attached hydrogen (secondary N) is 2. The van der Waals surface area contributed by atoms with Gasteiger partial charge in [0, 0.05) is 18.5 Å². The van der Waals surface area contributed by atoms with Crippen LogP contribution >= 0.6 is 0 Å². The van der Waals surface area contributed by atoms with Crippen molar-refractivity contribution < 1.29 is 9.59 Å². The van der Waals surface area contributed by atoms with Crippen molar-refractivity contribution in [2.75, 3.05) is 6.54 Å². The van der Waals surface area contributed by atoms with Gasteiger partial charge in [0.15, 0.2) is 0 Å². The van der Waals surface area contributed by atoms with Gasteiger partial charge in [0.25, 0.3) is 0 Å². The van der Waals surface area contributed by atoms with Crippen molar-refractivity contribution in [1.29, 1.82) is 0 Å². The lowest BCUT2D eigenvalue weighted by atomic mass is 9.94. The lowest BCUT2D eigenvalue weighted by Gasteiger charge is -2.22. The summed E-state index contributed by atoms with van der Waals surface area (Å²) in [7, 11) is 0. The molecular weight excluding hydrogens is 266 g/mol. The van der Waals surface area contributed by atoms with Crippen molar-refractivity contribution in [3.63, 3.8) is 0 Å². The van der Waals surface area contributed by atoms with Gasteiger partial charge < -0.3 is 16.4 Å². The zero-order valence-electron chi connectivity index (χ0n) is 12.2. The summed E-state index contributed by atoms with van der Waals surface area (Å²) in [5.74, 6) is -0.334. The molecule has 1 aromatic carbocycles. The third-order valence-electron chi connectivity index (χ3n) is 3.89. The zero-order chi connectivity index (χ0) is 15.1. The summed E-state index contributed by atoms with van der Waals surface area (Å²) < 4.78 is 0. The average molecular weight is 289 g/mol. The van der Waals surface area contributed by atoms with Crippen LogP contribution in [0.2, 0.25) is 0 Å². The second-order valence-corrected chi connectivity index (χ2v) is 5.79. The van der Waals surface area contributed by atoms with Crippen LogP contribution < -0.4 is 16.4 Å². The molecule has 1 fully saturated rings. The third-order valence-corrected chi connectivity index (χ3v) is 3.89. The molecule has 2 amide bonds. The Hall–Kier alpha value is -1.88. The van der Waals surface area contributed by atoms with E-state index in [4.69, 9.17) is 5.73 Å². The van der Waals surface area contributed by atoms with Gasteiger partial charge in [-0.15, -0.1) is 0 Å². The van der Waals surface area contributed by atoms with Crippen molar-refractivity contribution >= 4 is 11.8 Å². The van der Waals surface area contributed by atoms with Gasteiger partial charge in [0.2, 0.25) is 11.8 Å². The summed E-state index contributed by atoms with van der Waals surface area (Å²) in [4.78, 5) is 23.5. The highest BCUT2D eigenvalue weighted by Crippen LogP contribution is 2.29. The first kappa shape index (κ1) is 15.5. The molecule has 2 rings (SSSR count). The number of hydrogen-bond donors (Lipinski definition) is 3. The number of rotatable bonds is 6. The Bertz CT molecular complexity index is 482. The minimum Gasteiger partial charge on any atom is -0.350 e. The highest BCUT2D eigenvalue weighted by atomic mass is 16.2. The van der Waals surface area contributed by atoms with E-state index in [1.165, 1.54) is 0 Å². The predicted molar refractivity (Wildman–Crippen MR) is 81.3 cm³/mol. The number of benzene rings is 1. The first-order valence-corrected chi connectivity index (χ1v) is 7.44. The molecule has 0 aromatic heterocycles. The van der Waals surface area contributed by atoms with E-state index < -0.39 is 0 Å². The lowest BCUT2D eigenvalue weighted by Crippen LogP contribution is -2.44. The minimum absolute atomic E-state index is 0.00173. The molecule has 1 aliphatic rings. The quantitative estimate of drug-likeness (QED) is 0.732. The van der Waals surface area contributed by atoms with E-state index in [1.807, 2.05) is 30.3 Å². The van der Waals surface area contributed by atoms with Gasteiger partial charge >= 0.3 is 0 Å². The smallest absolute Gasteiger partial charge is 0.239 e. The van der Waals surface area contributed by atoms with E-state index in [0.717, 1.165) is 31.2 Å². The second-order valence-electron chi connectivity index (χ2n) is 5.79. The monoisotopic (exact) mass is 289 g/mol. The summed E-state index contributed by atoms with van der Waals surface area (Å²) in [6.45, 7) is 0.470. The molecule has 21 heavy (non-hydrogen) atoms.